The van der Waals surface area contributed by atoms with Crippen LogP contribution >= 0.6 is 11.3 Å². The normalized spacial score (nSPS) is 12.8. The molecule has 0 saturated heterocycles. The molecule has 5 rings (SSSR count). The molecule has 3 aromatic carbocycles. The maximum atomic E-state index is 13.1. The first kappa shape index (κ1) is 32.4. The van der Waals surface area contributed by atoms with Crippen LogP contribution in [-0.2, 0) is 0 Å². The Labute approximate surface area is 268 Å². The molecule has 0 aliphatic carbocycles. The Morgan fingerprint density at radius 1 is 1.00 bits per heavy atom. The molecule has 0 radical (unpaired) electrons. The standard InChI is InChI=1S/C34H33F3N6O2S/c1-20(2)29-16-7-21(3)17-30(29)43-22(4)18-46-33(43)40-32(44)39-24(6)23(5)25-8-10-26(11-9-25)31-38-19-42(41-31)27-12-14-28(15-13-27)45-34(35,36)37/h7-20H,1-6H3,(H,39,44)/b24-23+,40-33-. The summed E-state index contributed by atoms with van der Waals surface area (Å²) in [5.74, 6) is 0.433. The van der Waals surface area contributed by atoms with Gasteiger partial charge in [-0.1, -0.05) is 50.2 Å². The monoisotopic (exact) mass is 646 g/mol. The van der Waals surface area contributed by atoms with Crippen LogP contribution in [0.4, 0.5) is 18.0 Å². The van der Waals surface area contributed by atoms with Gasteiger partial charge in [0.15, 0.2) is 10.6 Å². The number of aryl methyl sites for hydroxylation is 2. The number of nitrogens with zero attached hydrogens (tertiary/aromatic N) is 5. The van der Waals surface area contributed by atoms with E-state index in [4.69, 9.17) is 0 Å². The molecule has 2 heterocycles. The van der Waals surface area contributed by atoms with Gasteiger partial charge in [0.1, 0.15) is 12.1 Å². The third-order valence-electron chi connectivity index (χ3n) is 7.38. The Morgan fingerprint density at radius 2 is 1.70 bits per heavy atom. The number of ether oxygens (including phenoxy) is 1. The summed E-state index contributed by atoms with van der Waals surface area (Å²) in [7, 11) is 0. The number of allylic oxidation sites excluding steroid dienone is 2. The number of amides is 2. The molecule has 12 heteroatoms. The van der Waals surface area contributed by atoms with E-state index in [2.05, 4.69) is 64.1 Å². The Bertz CT molecular complexity index is 1970. The molecule has 0 unspecified atom stereocenters. The van der Waals surface area contributed by atoms with Gasteiger partial charge >= 0.3 is 12.4 Å². The van der Waals surface area contributed by atoms with E-state index < -0.39 is 12.4 Å². The third kappa shape index (κ3) is 7.45. The maximum Gasteiger partial charge on any atom is 0.573 e. The number of benzene rings is 3. The molecule has 0 saturated carbocycles. The minimum absolute atomic E-state index is 0.303. The SMILES string of the molecule is C/C(NC(=O)/N=c1\scc(C)n1-c1cc(C)ccc1C(C)C)=C(/C)c1ccc(-c2ncn(-c3ccc(OC(F)(F)F)cc3)n2)cc1. The van der Waals surface area contributed by atoms with Crippen LogP contribution in [0.1, 0.15) is 56.0 Å². The summed E-state index contributed by atoms with van der Waals surface area (Å²) in [6.45, 7) is 12.1. The van der Waals surface area contributed by atoms with E-state index in [-0.39, 0.29) is 5.75 Å². The van der Waals surface area contributed by atoms with Crippen LogP contribution < -0.4 is 14.9 Å². The smallest absolute Gasteiger partial charge is 0.406 e. The molecule has 0 fully saturated rings. The van der Waals surface area contributed by atoms with E-state index >= 15 is 0 Å². The van der Waals surface area contributed by atoms with Crippen LogP contribution in [0.3, 0.4) is 0 Å². The lowest BCUT2D eigenvalue weighted by molar-refractivity contribution is -0.274. The average Bonchev–Trinajstić information content (AvgIpc) is 3.63. The molecule has 8 nitrogen and oxygen atoms in total. The fourth-order valence-electron chi connectivity index (χ4n) is 4.87. The fraction of sp³-hybridized carbons (Fsp3) is 0.235. The fourth-order valence-corrected chi connectivity index (χ4v) is 5.74. The first-order valence-electron chi connectivity index (χ1n) is 14.5. The summed E-state index contributed by atoms with van der Waals surface area (Å²) in [6, 6.07) is 18.8. The number of urea groups is 1. The van der Waals surface area contributed by atoms with Crippen molar-refractivity contribution in [3.8, 4) is 28.5 Å². The van der Waals surface area contributed by atoms with Gasteiger partial charge in [-0.05, 0) is 86.2 Å². The molecule has 0 spiro atoms. The Kier molecular flexibility index (Phi) is 9.29. The number of rotatable bonds is 7. The highest BCUT2D eigenvalue weighted by molar-refractivity contribution is 7.07. The summed E-state index contributed by atoms with van der Waals surface area (Å²) in [5.41, 5.74) is 8.04. The van der Waals surface area contributed by atoms with Gasteiger partial charge in [-0.3, -0.25) is 4.57 Å². The van der Waals surface area contributed by atoms with E-state index in [1.165, 1.54) is 52.2 Å². The van der Waals surface area contributed by atoms with Gasteiger partial charge in [0.2, 0.25) is 0 Å². The molecule has 0 aliphatic heterocycles. The molecule has 0 atom stereocenters. The van der Waals surface area contributed by atoms with E-state index in [1.807, 2.05) is 55.0 Å². The minimum atomic E-state index is -4.76. The summed E-state index contributed by atoms with van der Waals surface area (Å²) in [6.07, 6.45) is -3.27. The van der Waals surface area contributed by atoms with Crippen molar-refractivity contribution in [2.45, 2.75) is 53.8 Å². The van der Waals surface area contributed by atoms with Crippen molar-refractivity contribution in [3.63, 3.8) is 0 Å². The topological polar surface area (TPSA) is 86.3 Å². The van der Waals surface area contributed by atoms with Gasteiger partial charge in [0.05, 0.1) is 11.4 Å². The van der Waals surface area contributed by atoms with Crippen molar-refractivity contribution in [3.05, 3.63) is 111 Å². The number of hydrogen-bond donors (Lipinski definition) is 1. The van der Waals surface area contributed by atoms with Gasteiger partial charge in [-0.25, -0.2) is 14.5 Å². The predicted octanol–water partition coefficient (Wildman–Crippen LogP) is 8.49. The summed E-state index contributed by atoms with van der Waals surface area (Å²) >= 11 is 1.42. The Balaban J connectivity index is 1.31. The molecular weight excluding hydrogens is 613 g/mol. The van der Waals surface area contributed by atoms with Crippen LogP contribution in [-0.4, -0.2) is 31.7 Å². The number of nitrogens with one attached hydrogen (secondary N) is 1. The summed E-state index contributed by atoms with van der Waals surface area (Å²) < 4.78 is 44.8. The first-order valence-corrected chi connectivity index (χ1v) is 15.4. The molecule has 2 amide bonds. The van der Waals surface area contributed by atoms with Gasteiger partial charge in [0.25, 0.3) is 0 Å². The number of hydrogen-bond acceptors (Lipinski definition) is 5. The average molecular weight is 647 g/mol. The lowest BCUT2D eigenvalue weighted by atomic mass is 9.99. The van der Waals surface area contributed by atoms with Gasteiger partial charge in [-0.15, -0.1) is 29.6 Å². The summed E-state index contributed by atoms with van der Waals surface area (Å²) in [4.78, 5) is 22.4. The molecule has 0 bridgehead atoms. The van der Waals surface area contributed by atoms with Gasteiger partial charge in [0, 0.05) is 22.3 Å². The second kappa shape index (κ2) is 13.2. The lowest BCUT2D eigenvalue weighted by Crippen LogP contribution is -2.24. The highest BCUT2D eigenvalue weighted by atomic mass is 32.1. The van der Waals surface area contributed by atoms with Gasteiger partial charge in [-0.2, -0.15) is 4.99 Å². The number of carbonyl (C=O) groups is 1. The summed E-state index contributed by atoms with van der Waals surface area (Å²) in [5, 5.41) is 9.37. The maximum absolute atomic E-state index is 13.1. The lowest BCUT2D eigenvalue weighted by Gasteiger charge is -2.16. The van der Waals surface area contributed by atoms with Crippen LogP contribution in [0.2, 0.25) is 0 Å². The predicted molar refractivity (Wildman–Crippen MR) is 173 cm³/mol. The zero-order valence-corrected chi connectivity index (χ0v) is 27.0. The second-order valence-corrected chi connectivity index (χ2v) is 12.0. The molecule has 1 N–H and O–H groups in total. The zero-order valence-electron chi connectivity index (χ0n) is 26.2. The number of thiazole rings is 1. The van der Waals surface area contributed by atoms with Crippen molar-refractivity contribution in [2.24, 2.45) is 4.99 Å². The molecule has 46 heavy (non-hydrogen) atoms. The van der Waals surface area contributed by atoms with Crippen molar-refractivity contribution < 1.29 is 22.7 Å². The Morgan fingerprint density at radius 3 is 2.35 bits per heavy atom. The van der Waals surface area contributed by atoms with Crippen LogP contribution in [0.5, 0.6) is 5.75 Å². The Hall–Kier alpha value is -4.97. The molecular formula is C34H33F3N6O2S. The number of aromatic nitrogens is 4. The molecule has 0 aliphatic rings. The first-order chi connectivity index (χ1) is 21.8. The van der Waals surface area contributed by atoms with Crippen molar-refractivity contribution in [2.75, 3.05) is 0 Å². The molecule has 5 aromatic rings. The van der Waals surface area contributed by atoms with E-state index in [0.717, 1.165) is 33.6 Å². The van der Waals surface area contributed by atoms with Crippen LogP contribution in [0, 0.1) is 13.8 Å². The van der Waals surface area contributed by atoms with E-state index in [9.17, 15) is 18.0 Å². The third-order valence-corrected chi connectivity index (χ3v) is 8.33. The second-order valence-electron chi connectivity index (χ2n) is 11.1. The highest BCUT2D eigenvalue weighted by Crippen LogP contribution is 2.26. The largest absolute Gasteiger partial charge is 0.573 e. The van der Waals surface area contributed by atoms with Crippen molar-refractivity contribution in [1.29, 1.82) is 0 Å². The molecule has 238 valence electrons. The number of alkyl halides is 3. The van der Waals surface area contributed by atoms with Crippen LogP contribution in [0.15, 0.2) is 89.1 Å². The van der Waals surface area contributed by atoms with Crippen LogP contribution in [0.25, 0.3) is 28.3 Å². The minimum Gasteiger partial charge on any atom is -0.406 e. The van der Waals surface area contributed by atoms with E-state index in [1.54, 1.807) is 0 Å². The van der Waals surface area contributed by atoms with Crippen molar-refractivity contribution >= 4 is 22.9 Å². The molecule has 2 aromatic heterocycles. The van der Waals surface area contributed by atoms with Gasteiger partial charge < -0.3 is 10.1 Å². The van der Waals surface area contributed by atoms with Crippen molar-refractivity contribution in [1.82, 2.24) is 24.6 Å². The number of halogens is 3. The zero-order chi connectivity index (χ0) is 33.2. The highest BCUT2D eigenvalue weighted by Gasteiger charge is 2.31. The van der Waals surface area contributed by atoms with E-state index in [0.29, 0.717) is 27.9 Å². The number of carbonyl (C=O) groups excluding carboxylic acids is 1. The quantitative estimate of drug-likeness (QED) is 0.192.